The summed E-state index contributed by atoms with van der Waals surface area (Å²) in [5, 5.41) is 9.55. The van der Waals surface area contributed by atoms with Crippen LogP contribution in [-0.2, 0) is 26.0 Å². The predicted molar refractivity (Wildman–Crippen MR) is 152 cm³/mol. The molecule has 8 nitrogen and oxygen atoms in total. The van der Waals surface area contributed by atoms with E-state index in [0.29, 0.717) is 62.9 Å². The number of anilines is 1. The van der Waals surface area contributed by atoms with Crippen molar-refractivity contribution in [2.75, 3.05) is 36.9 Å². The molecule has 2 rings (SSSR count). The first kappa shape index (κ1) is 31.2. The average molecular weight is 548 g/mol. The minimum Gasteiger partial charge on any atom is -0.490 e. The number of ether oxygens (including phenoxy) is 3. The number of benzene rings is 2. The highest BCUT2D eigenvalue weighted by molar-refractivity contribution is 7.92. The molecule has 9 heteroatoms. The number of carboxylic acid groups (broad SMARTS) is 1. The summed E-state index contributed by atoms with van der Waals surface area (Å²) in [6.07, 6.45) is 5.90. The number of nitrogens with one attached hydrogen (secondary N) is 1. The fraction of sp³-hybridized carbons (Fsp3) is 0.483. The molecule has 0 bridgehead atoms. The topological polar surface area (TPSA) is 111 Å². The summed E-state index contributed by atoms with van der Waals surface area (Å²) in [4.78, 5) is 11.7. The third-order valence-electron chi connectivity index (χ3n) is 5.70. The third-order valence-corrected chi connectivity index (χ3v) is 7.07. The zero-order valence-corrected chi connectivity index (χ0v) is 23.5. The molecule has 210 valence electrons. The number of hydrogen-bond acceptors (Lipinski definition) is 6. The molecule has 0 fully saturated rings. The molecule has 2 N–H and O–H groups in total. The molecule has 38 heavy (non-hydrogen) atoms. The van der Waals surface area contributed by atoms with Crippen molar-refractivity contribution in [2.24, 2.45) is 0 Å². The molecule has 0 heterocycles. The van der Waals surface area contributed by atoms with Crippen molar-refractivity contribution in [1.29, 1.82) is 0 Å². The lowest BCUT2D eigenvalue weighted by Crippen LogP contribution is -2.16. The van der Waals surface area contributed by atoms with Crippen molar-refractivity contribution in [3.8, 4) is 11.5 Å². The molecule has 0 amide bonds. The fourth-order valence-electron chi connectivity index (χ4n) is 3.52. The summed E-state index contributed by atoms with van der Waals surface area (Å²) in [6.45, 7) is 7.73. The number of unbranched alkanes of at least 4 members (excludes halogenated alkanes) is 2. The van der Waals surface area contributed by atoms with E-state index in [4.69, 9.17) is 14.2 Å². The van der Waals surface area contributed by atoms with E-state index in [1.807, 2.05) is 32.0 Å². The molecule has 0 saturated heterocycles. The number of rotatable bonds is 19. The molecular weight excluding hydrogens is 506 g/mol. The zero-order chi connectivity index (χ0) is 27.8. The molecule has 0 aliphatic carbocycles. The van der Waals surface area contributed by atoms with Gasteiger partial charge in [0.25, 0.3) is 0 Å². The van der Waals surface area contributed by atoms with Crippen LogP contribution in [0, 0.1) is 0 Å². The lowest BCUT2D eigenvalue weighted by Gasteiger charge is -2.14. The molecule has 0 aliphatic heterocycles. The molecule has 2 aromatic rings. The number of aliphatic carboxylic acids is 1. The van der Waals surface area contributed by atoms with E-state index in [1.54, 1.807) is 30.3 Å². The maximum atomic E-state index is 12.1. The van der Waals surface area contributed by atoms with E-state index in [1.165, 1.54) is 0 Å². The van der Waals surface area contributed by atoms with Crippen LogP contribution in [0.2, 0.25) is 0 Å². The molecule has 0 atom stereocenters. The van der Waals surface area contributed by atoms with E-state index >= 15 is 0 Å². The van der Waals surface area contributed by atoms with Crippen LogP contribution in [0.1, 0.15) is 64.0 Å². The summed E-state index contributed by atoms with van der Waals surface area (Å²) >= 11 is 0. The third kappa shape index (κ3) is 11.6. The highest BCUT2D eigenvalue weighted by Crippen LogP contribution is 2.30. The van der Waals surface area contributed by atoms with E-state index in [2.05, 4.69) is 11.6 Å². The second-order valence-corrected chi connectivity index (χ2v) is 10.7. The van der Waals surface area contributed by atoms with Gasteiger partial charge in [-0.3, -0.25) is 4.72 Å². The van der Waals surface area contributed by atoms with Crippen molar-refractivity contribution < 1.29 is 32.5 Å². The second kappa shape index (κ2) is 16.7. The van der Waals surface area contributed by atoms with Gasteiger partial charge >= 0.3 is 5.97 Å². The van der Waals surface area contributed by atoms with Crippen molar-refractivity contribution >= 4 is 27.8 Å². The van der Waals surface area contributed by atoms with Crippen LogP contribution in [0.4, 0.5) is 5.69 Å². The lowest BCUT2D eigenvalue weighted by atomic mass is 10.1. The first-order valence-corrected chi connectivity index (χ1v) is 14.9. The molecule has 0 saturated carbocycles. The fourth-order valence-corrected chi connectivity index (χ4v) is 4.79. The van der Waals surface area contributed by atoms with Gasteiger partial charge in [0.1, 0.15) is 0 Å². The Labute approximate surface area is 227 Å². The van der Waals surface area contributed by atoms with Crippen LogP contribution in [-0.4, -0.2) is 51.7 Å². The summed E-state index contributed by atoms with van der Waals surface area (Å²) in [7, 11) is -3.33. The molecular formula is C29H41NO7S. The van der Waals surface area contributed by atoms with Gasteiger partial charge in [-0.1, -0.05) is 44.9 Å². The Bertz CT molecular complexity index is 1130. The molecule has 0 radical (unpaired) electrons. The predicted octanol–water partition coefficient (Wildman–Crippen LogP) is 5.92. The summed E-state index contributed by atoms with van der Waals surface area (Å²) < 4.78 is 44.1. The maximum absolute atomic E-state index is 12.1. The smallest absolute Gasteiger partial charge is 0.331 e. The van der Waals surface area contributed by atoms with Gasteiger partial charge in [-0.25, -0.2) is 13.2 Å². The maximum Gasteiger partial charge on any atom is 0.331 e. The van der Waals surface area contributed by atoms with Crippen molar-refractivity contribution in [1.82, 2.24) is 0 Å². The summed E-state index contributed by atoms with van der Waals surface area (Å²) in [6, 6.07) is 12.7. The Hall–Kier alpha value is -3.04. The Morgan fingerprint density at radius 3 is 2.29 bits per heavy atom. The highest BCUT2D eigenvalue weighted by atomic mass is 32.2. The summed E-state index contributed by atoms with van der Waals surface area (Å²) in [5.41, 5.74) is 2.54. The van der Waals surface area contributed by atoms with Crippen LogP contribution in [0.25, 0.3) is 6.08 Å². The minimum absolute atomic E-state index is 0.112. The Kier molecular flexibility index (Phi) is 13.7. The van der Waals surface area contributed by atoms with Gasteiger partial charge in [0.2, 0.25) is 10.0 Å². The van der Waals surface area contributed by atoms with Gasteiger partial charge < -0.3 is 19.3 Å². The first-order chi connectivity index (χ1) is 18.3. The Morgan fingerprint density at radius 1 is 0.921 bits per heavy atom. The molecule has 0 spiro atoms. The molecule has 2 aromatic carbocycles. The average Bonchev–Trinajstić information content (AvgIpc) is 2.89. The van der Waals surface area contributed by atoms with Crippen LogP contribution in [0.5, 0.6) is 11.5 Å². The number of carbonyl (C=O) groups is 1. The molecule has 0 aromatic heterocycles. The SMILES string of the molecule is CCCCOc1cc(C=C(CCOCC)C(=O)O)ccc1OCCc1ccc(NS(=O)(=O)CCCC)cc1. The number of carboxylic acids is 1. The molecule has 0 aliphatic rings. The minimum atomic E-state index is -3.33. The van der Waals surface area contributed by atoms with Gasteiger partial charge in [0.15, 0.2) is 11.5 Å². The Balaban J connectivity index is 2.05. The van der Waals surface area contributed by atoms with Crippen LogP contribution < -0.4 is 14.2 Å². The van der Waals surface area contributed by atoms with Crippen LogP contribution >= 0.6 is 0 Å². The van der Waals surface area contributed by atoms with Gasteiger partial charge in [-0.05, 0) is 61.2 Å². The van der Waals surface area contributed by atoms with Crippen LogP contribution in [0.3, 0.4) is 0 Å². The normalized spacial score (nSPS) is 11.8. The number of sulfonamides is 1. The van der Waals surface area contributed by atoms with E-state index in [-0.39, 0.29) is 11.3 Å². The van der Waals surface area contributed by atoms with Gasteiger partial charge in [-0.15, -0.1) is 0 Å². The van der Waals surface area contributed by atoms with Gasteiger partial charge in [0, 0.05) is 30.7 Å². The lowest BCUT2D eigenvalue weighted by molar-refractivity contribution is -0.132. The monoisotopic (exact) mass is 547 g/mol. The van der Waals surface area contributed by atoms with Crippen molar-refractivity contribution in [2.45, 2.75) is 59.3 Å². The van der Waals surface area contributed by atoms with E-state index in [9.17, 15) is 18.3 Å². The van der Waals surface area contributed by atoms with Crippen molar-refractivity contribution in [3.05, 3.63) is 59.2 Å². The first-order valence-electron chi connectivity index (χ1n) is 13.3. The molecule has 0 unspecified atom stereocenters. The van der Waals surface area contributed by atoms with Crippen molar-refractivity contribution in [3.63, 3.8) is 0 Å². The van der Waals surface area contributed by atoms with Gasteiger partial charge in [-0.2, -0.15) is 0 Å². The van der Waals surface area contributed by atoms with Crippen LogP contribution in [0.15, 0.2) is 48.0 Å². The standard InChI is InChI=1S/C29H41NO7S/c1-4-7-17-36-28-22-24(21-25(29(31)32)16-18-35-6-3)11-14-27(28)37-19-15-23-9-12-26(13-10-23)30-38(33,34)20-8-5-2/h9-14,21-22,30H,4-8,15-20H2,1-3H3,(H,31,32). The quantitative estimate of drug-likeness (QED) is 0.166. The second-order valence-electron chi connectivity index (χ2n) is 8.90. The van der Waals surface area contributed by atoms with E-state index in [0.717, 1.165) is 30.4 Å². The number of hydrogen-bond donors (Lipinski definition) is 2. The van der Waals surface area contributed by atoms with E-state index < -0.39 is 16.0 Å². The zero-order valence-electron chi connectivity index (χ0n) is 22.7. The Morgan fingerprint density at radius 2 is 1.63 bits per heavy atom. The van der Waals surface area contributed by atoms with Gasteiger partial charge in [0.05, 0.1) is 25.6 Å². The summed E-state index contributed by atoms with van der Waals surface area (Å²) in [5.74, 6) is 0.294. The largest absolute Gasteiger partial charge is 0.490 e. The highest BCUT2D eigenvalue weighted by Gasteiger charge is 2.12.